The maximum absolute atomic E-state index is 9.27. The van der Waals surface area contributed by atoms with Crippen molar-refractivity contribution in [3.63, 3.8) is 0 Å². The molecule has 4 nitrogen and oxygen atoms in total. The second kappa shape index (κ2) is 5.56. The van der Waals surface area contributed by atoms with Gasteiger partial charge in [0.25, 0.3) is 0 Å². The van der Waals surface area contributed by atoms with E-state index in [1.54, 1.807) is 30.8 Å². The van der Waals surface area contributed by atoms with Crippen LogP contribution in [0.25, 0.3) is 20.9 Å². The molecule has 0 atom stereocenters. The van der Waals surface area contributed by atoms with E-state index >= 15 is 0 Å². The van der Waals surface area contributed by atoms with Gasteiger partial charge in [0.05, 0.1) is 22.6 Å². The van der Waals surface area contributed by atoms with E-state index in [0.717, 1.165) is 26.6 Å². The Morgan fingerprint density at radius 2 is 2.00 bits per heavy atom. The molecule has 6 heteroatoms. The van der Waals surface area contributed by atoms with Crippen molar-refractivity contribution >= 4 is 28.4 Å². The molecule has 0 unspecified atom stereocenters. The van der Waals surface area contributed by atoms with Gasteiger partial charge < -0.3 is 10.5 Å². The predicted molar refractivity (Wildman–Crippen MR) is 86.5 cm³/mol. The quantitative estimate of drug-likeness (QED) is 0.793. The predicted octanol–water partition coefficient (Wildman–Crippen LogP) is 4.00. The normalized spacial score (nSPS) is 10.3. The highest BCUT2D eigenvalue weighted by atomic mass is 32.1. The lowest BCUT2D eigenvalue weighted by molar-refractivity contribution is 0.418. The van der Waals surface area contributed by atoms with E-state index in [0.29, 0.717) is 10.6 Å². The number of anilines is 1. The molecule has 0 amide bonds. The van der Waals surface area contributed by atoms with Crippen LogP contribution in [0.5, 0.6) is 5.75 Å². The average Bonchev–Trinajstić information content (AvgIpc) is 3.11. The molecule has 3 aromatic rings. The minimum absolute atomic E-state index is 0.513. The van der Waals surface area contributed by atoms with E-state index in [1.165, 1.54) is 11.3 Å². The fourth-order valence-corrected chi connectivity index (χ4v) is 4.17. The first-order valence-electron chi connectivity index (χ1n) is 6.11. The number of nitrogens with zero attached hydrogens (tertiary/aromatic N) is 2. The number of rotatable bonds is 3. The third-order valence-corrected chi connectivity index (χ3v) is 5.24. The van der Waals surface area contributed by atoms with Crippen molar-refractivity contribution in [2.24, 2.45) is 0 Å². The molecule has 3 heterocycles. The average molecular weight is 313 g/mol. The summed E-state index contributed by atoms with van der Waals surface area (Å²) in [6.07, 6.45) is 3.43. The zero-order chi connectivity index (χ0) is 14.8. The first-order chi connectivity index (χ1) is 10.3. The highest BCUT2D eigenvalue weighted by Crippen LogP contribution is 2.49. The Balaban J connectivity index is 2.29. The molecule has 0 spiro atoms. The molecule has 21 heavy (non-hydrogen) atoms. The SMILES string of the molecule is COc1ccsc1-c1sc(C#N)c(N)c1-c1ccncc1. The minimum Gasteiger partial charge on any atom is -0.495 e. The second-order valence-corrected chi connectivity index (χ2v) is 6.15. The third kappa shape index (κ3) is 2.27. The first-order valence-corrected chi connectivity index (χ1v) is 7.80. The number of hydrogen-bond acceptors (Lipinski definition) is 6. The molecule has 3 rings (SSSR count). The Morgan fingerprint density at radius 3 is 2.67 bits per heavy atom. The summed E-state index contributed by atoms with van der Waals surface area (Å²) >= 11 is 2.97. The maximum atomic E-state index is 9.27. The van der Waals surface area contributed by atoms with E-state index in [9.17, 15) is 5.26 Å². The van der Waals surface area contributed by atoms with E-state index in [1.807, 2.05) is 23.6 Å². The van der Waals surface area contributed by atoms with Gasteiger partial charge in [-0.05, 0) is 29.1 Å². The minimum atomic E-state index is 0.513. The van der Waals surface area contributed by atoms with E-state index in [2.05, 4.69) is 11.1 Å². The summed E-state index contributed by atoms with van der Waals surface area (Å²) in [5, 5.41) is 11.2. The molecule has 0 aliphatic rings. The van der Waals surface area contributed by atoms with Crippen LogP contribution >= 0.6 is 22.7 Å². The van der Waals surface area contributed by atoms with Crippen molar-refractivity contribution in [1.82, 2.24) is 4.98 Å². The number of nitrogen functional groups attached to an aromatic ring is 1. The molecule has 0 saturated heterocycles. The van der Waals surface area contributed by atoms with Crippen LogP contribution < -0.4 is 10.5 Å². The Bertz CT molecular complexity index is 815. The van der Waals surface area contributed by atoms with Crippen LogP contribution in [0.15, 0.2) is 36.0 Å². The van der Waals surface area contributed by atoms with Gasteiger partial charge in [0, 0.05) is 18.0 Å². The molecular weight excluding hydrogens is 302 g/mol. The fourth-order valence-electron chi connectivity index (χ4n) is 2.12. The topological polar surface area (TPSA) is 71.9 Å². The number of pyridine rings is 1. The zero-order valence-corrected chi connectivity index (χ0v) is 12.8. The van der Waals surface area contributed by atoms with Crippen LogP contribution in [-0.4, -0.2) is 12.1 Å². The van der Waals surface area contributed by atoms with Gasteiger partial charge in [-0.15, -0.1) is 22.7 Å². The number of ether oxygens (including phenoxy) is 1. The summed E-state index contributed by atoms with van der Waals surface area (Å²) in [7, 11) is 1.64. The highest BCUT2D eigenvalue weighted by molar-refractivity contribution is 7.22. The van der Waals surface area contributed by atoms with E-state index in [-0.39, 0.29) is 0 Å². The van der Waals surface area contributed by atoms with Crippen LogP contribution in [0.3, 0.4) is 0 Å². The summed E-state index contributed by atoms with van der Waals surface area (Å²) in [4.78, 5) is 6.50. The molecular formula is C15H11N3OS2. The molecule has 0 aromatic carbocycles. The molecule has 0 radical (unpaired) electrons. The van der Waals surface area contributed by atoms with Gasteiger partial charge in [0.2, 0.25) is 0 Å². The summed E-state index contributed by atoms with van der Waals surface area (Å²) in [5.41, 5.74) is 8.51. The lowest BCUT2D eigenvalue weighted by atomic mass is 10.0. The molecule has 3 aromatic heterocycles. The summed E-state index contributed by atoms with van der Waals surface area (Å²) in [6, 6.07) is 7.87. The maximum Gasteiger partial charge on any atom is 0.138 e. The van der Waals surface area contributed by atoms with Crippen LogP contribution in [0.4, 0.5) is 5.69 Å². The molecule has 2 N–H and O–H groups in total. The van der Waals surface area contributed by atoms with Crippen LogP contribution in [0.2, 0.25) is 0 Å². The second-order valence-electron chi connectivity index (χ2n) is 4.21. The number of methoxy groups -OCH3 is 1. The standard InChI is InChI=1S/C15H11N3OS2/c1-19-10-4-7-20-14(10)15-12(9-2-5-18-6-3-9)13(17)11(8-16)21-15/h2-7H,17H2,1H3. The molecule has 0 saturated carbocycles. The van der Waals surface area contributed by atoms with Gasteiger partial charge in [0.1, 0.15) is 16.7 Å². The molecule has 0 aliphatic heterocycles. The summed E-state index contributed by atoms with van der Waals surface area (Å²) < 4.78 is 5.39. The largest absolute Gasteiger partial charge is 0.495 e. The molecule has 0 bridgehead atoms. The van der Waals surface area contributed by atoms with Crippen LogP contribution in [0.1, 0.15) is 4.88 Å². The van der Waals surface area contributed by atoms with Crippen molar-refractivity contribution in [2.75, 3.05) is 12.8 Å². The number of hydrogen-bond donors (Lipinski definition) is 1. The van der Waals surface area contributed by atoms with Gasteiger partial charge in [-0.2, -0.15) is 5.26 Å². The van der Waals surface area contributed by atoms with Gasteiger partial charge in [-0.3, -0.25) is 4.98 Å². The van der Waals surface area contributed by atoms with Crippen LogP contribution in [-0.2, 0) is 0 Å². The monoisotopic (exact) mass is 313 g/mol. The summed E-state index contributed by atoms with van der Waals surface area (Å²) in [6.45, 7) is 0. The lowest BCUT2D eigenvalue weighted by Crippen LogP contribution is -1.89. The van der Waals surface area contributed by atoms with Gasteiger partial charge in [0.15, 0.2) is 0 Å². The van der Waals surface area contributed by atoms with Crippen molar-refractivity contribution < 1.29 is 4.74 Å². The molecule has 0 fully saturated rings. The smallest absolute Gasteiger partial charge is 0.138 e. The Kier molecular flexibility index (Phi) is 3.60. The fraction of sp³-hybridized carbons (Fsp3) is 0.0667. The number of nitriles is 1. The number of nitrogens with two attached hydrogens (primary N) is 1. The van der Waals surface area contributed by atoms with Crippen molar-refractivity contribution in [3.05, 3.63) is 40.8 Å². The lowest BCUT2D eigenvalue weighted by Gasteiger charge is -2.06. The number of thiophene rings is 2. The first kappa shape index (κ1) is 13.6. The Labute approximate surface area is 130 Å². The molecule has 104 valence electrons. The third-order valence-electron chi connectivity index (χ3n) is 3.07. The van der Waals surface area contributed by atoms with E-state index < -0.39 is 0 Å². The zero-order valence-electron chi connectivity index (χ0n) is 11.2. The van der Waals surface area contributed by atoms with Crippen molar-refractivity contribution in [2.45, 2.75) is 0 Å². The van der Waals surface area contributed by atoms with Gasteiger partial charge >= 0.3 is 0 Å². The molecule has 0 aliphatic carbocycles. The van der Waals surface area contributed by atoms with E-state index in [4.69, 9.17) is 10.5 Å². The van der Waals surface area contributed by atoms with Gasteiger partial charge in [-0.25, -0.2) is 0 Å². The highest BCUT2D eigenvalue weighted by Gasteiger charge is 2.21. The number of aromatic nitrogens is 1. The summed E-state index contributed by atoms with van der Waals surface area (Å²) in [5.74, 6) is 0.793. The van der Waals surface area contributed by atoms with Gasteiger partial charge in [-0.1, -0.05) is 0 Å². The van der Waals surface area contributed by atoms with Crippen molar-refractivity contribution in [3.8, 4) is 32.7 Å². The Hall–Kier alpha value is -2.36. The van der Waals surface area contributed by atoms with Crippen molar-refractivity contribution in [1.29, 1.82) is 5.26 Å². The van der Waals surface area contributed by atoms with Crippen LogP contribution in [0, 0.1) is 11.3 Å². The Morgan fingerprint density at radius 1 is 1.24 bits per heavy atom.